The number of cyclic esters (lactones) is 2. The number of fused-ring (bicyclic) bond motifs is 2. The predicted molar refractivity (Wildman–Crippen MR) is 95.3 cm³/mol. The van der Waals surface area contributed by atoms with Crippen molar-refractivity contribution in [2.24, 2.45) is 5.92 Å². The Morgan fingerprint density at radius 3 is 2.58 bits per heavy atom. The largest absolute Gasteiger partial charge is 0.485 e. The first-order valence-electron chi connectivity index (χ1n) is 8.69. The molecule has 6 heteroatoms. The van der Waals surface area contributed by atoms with E-state index in [1.54, 1.807) is 6.08 Å². The van der Waals surface area contributed by atoms with Crippen molar-refractivity contribution in [3.8, 4) is 5.75 Å². The van der Waals surface area contributed by atoms with E-state index in [2.05, 4.69) is 0 Å². The highest BCUT2D eigenvalue weighted by Crippen LogP contribution is 2.45. The number of halogens is 1. The molecule has 2 heterocycles. The second-order valence-corrected chi connectivity index (χ2v) is 7.57. The Kier molecular flexibility index (Phi) is 4.07. The average Bonchev–Trinajstić information content (AvgIpc) is 2.58. The summed E-state index contributed by atoms with van der Waals surface area (Å²) >= 11 is 6.62. The van der Waals surface area contributed by atoms with Crippen LogP contribution < -0.4 is 4.74 Å². The van der Waals surface area contributed by atoms with Gasteiger partial charge in [-0.1, -0.05) is 29.8 Å². The molecule has 2 unspecified atom stereocenters. The minimum atomic E-state index is -1.24. The van der Waals surface area contributed by atoms with Crippen molar-refractivity contribution < 1.29 is 23.8 Å². The van der Waals surface area contributed by atoms with Gasteiger partial charge < -0.3 is 14.2 Å². The molecule has 1 aromatic carbocycles. The van der Waals surface area contributed by atoms with Crippen LogP contribution in [-0.4, -0.2) is 23.8 Å². The molecule has 2 aliphatic heterocycles. The van der Waals surface area contributed by atoms with Gasteiger partial charge in [0.15, 0.2) is 0 Å². The molecule has 2 atom stereocenters. The van der Waals surface area contributed by atoms with Crippen LogP contribution in [0, 0.1) is 5.92 Å². The van der Waals surface area contributed by atoms with Gasteiger partial charge in [0.05, 0.1) is 5.03 Å². The van der Waals surface area contributed by atoms with Crippen molar-refractivity contribution in [1.82, 2.24) is 0 Å². The van der Waals surface area contributed by atoms with Gasteiger partial charge in [0.25, 0.3) is 5.79 Å². The Morgan fingerprint density at radius 1 is 1.15 bits per heavy atom. The smallest absolute Gasteiger partial charge is 0.348 e. The highest BCUT2D eigenvalue weighted by atomic mass is 35.5. The monoisotopic (exact) mass is 374 g/mol. The van der Waals surface area contributed by atoms with E-state index < -0.39 is 17.7 Å². The number of rotatable bonds is 1. The van der Waals surface area contributed by atoms with E-state index in [-0.39, 0.29) is 17.6 Å². The van der Waals surface area contributed by atoms with E-state index in [1.165, 1.54) is 13.8 Å². The van der Waals surface area contributed by atoms with Gasteiger partial charge in [-0.05, 0) is 37.0 Å². The van der Waals surface area contributed by atoms with Crippen molar-refractivity contribution >= 4 is 28.6 Å². The summed E-state index contributed by atoms with van der Waals surface area (Å²) in [5.41, 5.74) is 1.82. The molecule has 0 amide bonds. The van der Waals surface area contributed by atoms with Crippen molar-refractivity contribution in [2.75, 3.05) is 0 Å². The minimum absolute atomic E-state index is 0.0749. The zero-order valence-electron chi connectivity index (χ0n) is 14.6. The van der Waals surface area contributed by atoms with Crippen molar-refractivity contribution in [3.05, 3.63) is 47.1 Å². The Bertz CT molecular complexity index is 830. The van der Waals surface area contributed by atoms with Crippen LogP contribution >= 0.6 is 11.6 Å². The van der Waals surface area contributed by atoms with Crippen molar-refractivity contribution in [3.63, 3.8) is 0 Å². The van der Waals surface area contributed by atoms with Crippen LogP contribution in [-0.2, 0) is 19.1 Å². The van der Waals surface area contributed by atoms with Gasteiger partial charge in [0.2, 0.25) is 0 Å². The second-order valence-electron chi connectivity index (χ2n) is 7.19. The third kappa shape index (κ3) is 2.90. The van der Waals surface area contributed by atoms with Gasteiger partial charge in [0.1, 0.15) is 17.4 Å². The number of ether oxygens (including phenoxy) is 3. The number of esters is 2. The molecule has 0 spiro atoms. The fourth-order valence-electron chi connectivity index (χ4n) is 3.72. The number of hydrogen-bond acceptors (Lipinski definition) is 5. The van der Waals surface area contributed by atoms with E-state index in [4.69, 9.17) is 25.8 Å². The summed E-state index contributed by atoms with van der Waals surface area (Å²) in [4.78, 5) is 24.5. The summed E-state index contributed by atoms with van der Waals surface area (Å²) in [6, 6.07) is 7.62. The van der Waals surface area contributed by atoms with Crippen LogP contribution in [0.5, 0.6) is 5.75 Å². The van der Waals surface area contributed by atoms with Gasteiger partial charge in [-0.25, -0.2) is 9.59 Å². The SMILES string of the molecule is CC1(C)OC(=O)C(=CC2CCCC3=C(Cl)c4ccccc4OC32)C(=O)O1. The molecule has 0 N–H and O–H groups in total. The highest BCUT2D eigenvalue weighted by molar-refractivity contribution is 6.49. The first-order chi connectivity index (χ1) is 12.4. The molecule has 3 aliphatic rings. The fourth-order valence-corrected chi connectivity index (χ4v) is 4.07. The molecule has 0 radical (unpaired) electrons. The third-order valence-electron chi connectivity index (χ3n) is 4.87. The Hall–Kier alpha value is -2.27. The van der Waals surface area contributed by atoms with E-state index in [1.807, 2.05) is 24.3 Å². The lowest BCUT2D eigenvalue weighted by Crippen LogP contribution is -2.42. The normalized spacial score (nSPS) is 27.0. The number of hydrogen-bond donors (Lipinski definition) is 0. The maximum atomic E-state index is 12.2. The number of para-hydroxylation sites is 1. The van der Waals surface area contributed by atoms with Crippen LogP contribution in [0.2, 0.25) is 0 Å². The first-order valence-corrected chi connectivity index (χ1v) is 9.06. The molecule has 1 saturated heterocycles. The van der Waals surface area contributed by atoms with Crippen molar-refractivity contribution in [1.29, 1.82) is 0 Å². The quantitative estimate of drug-likeness (QED) is 0.423. The van der Waals surface area contributed by atoms with E-state index in [0.29, 0.717) is 10.8 Å². The second kappa shape index (κ2) is 6.16. The number of benzene rings is 1. The summed E-state index contributed by atoms with van der Waals surface area (Å²) < 4.78 is 16.5. The maximum Gasteiger partial charge on any atom is 0.348 e. The topological polar surface area (TPSA) is 61.8 Å². The van der Waals surface area contributed by atoms with E-state index >= 15 is 0 Å². The summed E-state index contributed by atoms with van der Waals surface area (Å²) in [5, 5.41) is 0.704. The molecule has 26 heavy (non-hydrogen) atoms. The molecule has 1 aliphatic carbocycles. The molecule has 0 bridgehead atoms. The van der Waals surface area contributed by atoms with Crippen LogP contribution in [0.25, 0.3) is 5.03 Å². The predicted octanol–water partition coefficient (Wildman–Crippen LogP) is 3.96. The van der Waals surface area contributed by atoms with Crippen LogP contribution in [0.1, 0.15) is 38.7 Å². The van der Waals surface area contributed by atoms with Gasteiger partial charge in [0, 0.05) is 25.3 Å². The van der Waals surface area contributed by atoms with Crippen LogP contribution in [0.15, 0.2) is 41.5 Å². The average molecular weight is 375 g/mol. The van der Waals surface area contributed by atoms with Gasteiger partial charge in [-0.15, -0.1) is 0 Å². The molecule has 1 aromatic rings. The molecule has 136 valence electrons. The van der Waals surface area contributed by atoms with Gasteiger partial charge >= 0.3 is 11.9 Å². The molecule has 2 fully saturated rings. The zero-order valence-corrected chi connectivity index (χ0v) is 15.3. The van der Waals surface area contributed by atoms with E-state index in [0.717, 1.165) is 30.4 Å². The molecule has 1 saturated carbocycles. The lowest BCUT2D eigenvalue weighted by atomic mass is 9.79. The lowest BCUT2D eigenvalue weighted by Gasteiger charge is -2.37. The number of carbonyl (C=O) groups excluding carboxylic acids is 2. The fraction of sp³-hybridized carbons (Fsp3) is 0.400. The zero-order chi connectivity index (χ0) is 18.5. The summed E-state index contributed by atoms with van der Waals surface area (Å²) in [6.07, 6.45) is 3.85. The summed E-state index contributed by atoms with van der Waals surface area (Å²) in [5.74, 6) is -2.01. The summed E-state index contributed by atoms with van der Waals surface area (Å²) in [6.45, 7) is 3.06. The standard InChI is InChI=1S/C20H19ClO5/c1-20(2)25-18(22)14(19(23)26-20)10-11-6-5-8-13-16(21)12-7-3-4-9-15(12)24-17(11)13/h3-4,7,9-11,17H,5-6,8H2,1-2H3. The molecular weight excluding hydrogens is 356 g/mol. The van der Waals surface area contributed by atoms with Crippen molar-refractivity contribution in [2.45, 2.75) is 45.0 Å². The lowest BCUT2D eigenvalue weighted by molar-refractivity contribution is -0.222. The molecule has 4 rings (SSSR count). The molecule has 5 nitrogen and oxygen atoms in total. The highest BCUT2D eigenvalue weighted by Gasteiger charge is 2.41. The Labute approximate surface area is 156 Å². The Balaban J connectivity index is 1.68. The summed E-state index contributed by atoms with van der Waals surface area (Å²) in [7, 11) is 0. The van der Waals surface area contributed by atoms with Crippen LogP contribution in [0.3, 0.4) is 0 Å². The molecule has 0 aromatic heterocycles. The maximum absolute atomic E-state index is 12.2. The van der Waals surface area contributed by atoms with Gasteiger partial charge in [-0.2, -0.15) is 0 Å². The van der Waals surface area contributed by atoms with Gasteiger partial charge in [-0.3, -0.25) is 0 Å². The minimum Gasteiger partial charge on any atom is -0.485 e. The molecular formula is C20H19ClO5. The third-order valence-corrected chi connectivity index (χ3v) is 5.32. The Morgan fingerprint density at radius 2 is 1.85 bits per heavy atom. The van der Waals surface area contributed by atoms with E-state index in [9.17, 15) is 9.59 Å². The first kappa shape index (κ1) is 17.2. The number of carbonyl (C=O) groups is 2. The van der Waals surface area contributed by atoms with Crippen LogP contribution in [0.4, 0.5) is 0 Å².